The van der Waals surface area contributed by atoms with Crippen LogP contribution in [0.1, 0.15) is 10.4 Å². The van der Waals surface area contributed by atoms with Crippen molar-refractivity contribution in [2.75, 3.05) is 12.5 Å². The van der Waals surface area contributed by atoms with Gasteiger partial charge in [0, 0.05) is 17.7 Å². The van der Waals surface area contributed by atoms with Gasteiger partial charge in [0.15, 0.2) is 5.71 Å². The number of nitro groups is 1. The maximum Gasteiger partial charge on any atom is 0.269 e. The normalized spacial score (nSPS) is 11.3. The Morgan fingerprint density at radius 2 is 1.60 bits per heavy atom. The van der Waals surface area contributed by atoms with Gasteiger partial charge in [0.1, 0.15) is 7.11 Å². The van der Waals surface area contributed by atoms with E-state index in [0.717, 1.165) is 11.1 Å². The first kappa shape index (κ1) is 20.4. The number of non-ortho nitro benzene ring substituents is 1. The number of oxime groups is 1. The molecule has 8 heteroatoms. The lowest BCUT2D eigenvalue weighted by atomic mass is 10.0. The van der Waals surface area contributed by atoms with Gasteiger partial charge in [-0.25, -0.2) is 0 Å². The summed E-state index contributed by atoms with van der Waals surface area (Å²) in [7, 11) is 1.36. The summed E-state index contributed by atoms with van der Waals surface area (Å²) in [5.41, 5.74) is 5.63. The molecule has 0 heterocycles. The molecule has 1 N–H and O–H groups in total. The van der Waals surface area contributed by atoms with Crippen molar-refractivity contribution in [1.29, 1.82) is 0 Å². The molecule has 3 aromatic carbocycles. The summed E-state index contributed by atoms with van der Waals surface area (Å²) in [6.07, 6.45) is 1.20. The molecule has 3 aromatic rings. The van der Waals surface area contributed by atoms with E-state index >= 15 is 0 Å². The number of hydrazone groups is 1. The highest BCUT2D eigenvalue weighted by Gasteiger charge is 2.14. The third-order valence-electron chi connectivity index (χ3n) is 4.15. The van der Waals surface area contributed by atoms with Gasteiger partial charge in [-0.2, -0.15) is 5.10 Å². The number of hydrogen-bond donors (Lipinski definition) is 1. The molecule has 0 atom stereocenters. The molecule has 150 valence electrons. The van der Waals surface area contributed by atoms with Crippen molar-refractivity contribution in [3.05, 3.63) is 94.5 Å². The van der Waals surface area contributed by atoms with Crippen molar-refractivity contribution in [1.82, 2.24) is 0 Å². The predicted molar refractivity (Wildman–Crippen MR) is 116 cm³/mol. The van der Waals surface area contributed by atoms with E-state index in [-0.39, 0.29) is 17.2 Å². The summed E-state index contributed by atoms with van der Waals surface area (Å²) in [6, 6.07) is 22.6. The van der Waals surface area contributed by atoms with Crippen molar-refractivity contribution >= 4 is 29.1 Å². The molecule has 0 aliphatic carbocycles. The first-order chi connectivity index (χ1) is 14.6. The van der Waals surface area contributed by atoms with Gasteiger partial charge in [0.05, 0.1) is 16.8 Å². The van der Waals surface area contributed by atoms with Crippen LogP contribution in [0.2, 0.25) is 0 Å². The molecule has 30 heavy (non-hydrogen) atoms. The fraction of sp³-hybridized carbons (Fsp3) is 0.0455. The van der Waals surface area contributed by atoms with E-state index in [1.807, 2.05) is 42.5 Å². The summed E-state index contributed by atoms with van der Waals surface area (Å²) < 4.78 is 0. The minimum Gasteiger partial charge on any atom is -0.399 e. The largest absolute Gasteiger partial charge is 0.399 e. The van der Waals surface area contributed by atoms with E-state index in [1.165, 1.54) is 37.6 Å². The average molecular weight is 402 g/mol. The molecule has 0 spiro atoms. The quantitative estimate of drug-likeness (QED) is 0.258. The van der Waals surface area contributed by atoms with Gasteiger partial charge < -0.3 is 4.84 Å². The highest BCUT2D eigenvalue weighted by molar-refractivity contribution is 6.64. The van der Waals surface area contributed by atoms with Crippen LogP contribution in [0.4, 0.5) is 11.4 Å². The molecular formula is C22H18N4O4. The maximum atomic E-state index is 12.9. The van der Waals surface area contributed by atoms with E-state index in [1.54, 1.807) is 12.1 Å². The summed E-state index contributed by atoms with van der Waals surface area (Å²) in [5, 5.41) is 18.4. The zero-order valence-electron chi connectivity index (χ0n) is 16.1. The first-order valence-corrected chi connectivity index (χ1v) is 8.93. The van der Waals surface area contributed by atoms with E-state index in [4.69, 9.17) is 0 Å². The zero-order valence-corrected chi connectivity index (χ0v) is 16.1. The van der Waals surface area contributed by atoms with Crippen LogP contribution < -0.4 is 5.43 Å². The lowest BCUT2D eigenvalue weighted by molar-refractivity contribution is -0.384. The van der Waals surface area contributed by atoms with Crippen molar-refractivity contribution < 1.29 is 14.6 Å². The summed E-state index contributed by atoms with van der Waals surface area (Å²) in [6.45, 7) is 0. The lowest BCUT2D eigenvalue weighted by Crippen LogP contribution is -2.18. The Balaban J connectivity index is 1.80. The van der Waals surface area contributed by atoms with Gasteiger partial charge in [0.2, 0.25) is 5.78 Å². The Bertz CT molecular complexity index is 1080. The number of benzene rings is 3. The lowest BCUT2D eigenvalue weighted by Gasteiger charge is -2.05. The van der Waals surface area contributed by atoms with E-state index < -0.39 is 4.92 Å². The smallest absolute Gasteiger partial charge is 0.269 e. The molecule has 8 nitrogen and oxygen atoms in total. The maximum absolute atomic E-state index is 12.9. The second-order valence-electron chi connectivity index (χ2n) is 6.10. The summed E-state index contributed by atoms with van der Waals surface area (Å²) >= 11 is 0. The second kappa shape index (κ2) is 9.74. The van der Waals surface area contributed by atoms with Crippen molar-refractivity contribution in [2.45, 2.75) is 0 Å². The Labute approximate surface area is 172 Å². The molecule has 0 saturated carbocycles. The highest BCUT2D eigenvalue weighted by atomic mass is 16.6. The molecule has 0 aromatic heterocycles. The van der Waals surface area contributed by atoms with Crippen LogP contribution in [0, 0.1) is 10.1 Å². The second-order valence-corrected chi connectivity index (χ2v) is 6.10. The number of nitrogens with one attached hydrogen (secondary N) is 1. The number of nitro benzene ring substituents is 1. The number of Topliss-reactive ketones (excluding diaryl/α,β-unsaturated/α-hetero) is 1. The van der Waals surface area contributed by atoms with Crippen LogP contribution in [0.5, 0.6) is 0 Å². The summed E-state index contributed by atoms with van der Waals surface area (Å²) in [5.74, 6) is -0.357. The van der Waals surface area contributed by atoms with Crippen LogP contribution >= 0.6 is 0 Å². The van der Waals surface area contributed by atoms with Crippen molar-refractivity contribution in [2.24, 2.45) is 10.3 Å². The first-order valence-electron chi connectivity index (χ1n) is 8.93. The fourth-order valence-corrected chi connectivity index (χ4v) is 2.62. The van der Waals surface area contributed by atoms with Gasteiger partial charge in [-0.15, -0.1) is 0 Å². The van der Waals surface area contributed by atoms with Crippen LogP contribution in [0.25, 0.3) is 11.1 Å². The minimum absolute atomic E-state index is 0.0164. The van der Waals surface area contributed by atoms with E-state index in [2.05, 4.69) is 20.5 Å². The number of nitrogens with zero attached hydrogens (tertiary/aromatic N) is 3. The van der Waals surface area contributed by atoms with Gasteiger partial charge in [-0.05, 0) is 23.3 Å². The Morgan fingerprint density at radius 1 is 0.967 bits per heavy atom. The number of rotatable bonds is 8. The number of carbonyl (C=O) groups excluding carboxylic acids is 1. The molecule has 0 aliphatic heterocycles. The molecule has 3 rings (SSSR count). The Morgan fingerprint density at radius 3 is 2.20 bits per heavy atom. The topological polar surface area (TPSA) is 106 Å². The third-order valence-corrected chi connectivity index (χ3v) is 4.15. The molecule has 0 unspecified atom stereocenters. The zero-order chi connectivity index (χ0) is 21.3. The molecule has 0 bridgehead atoms. The fourth-order valence-electron chi connectivity index (χ4n) is 2.62. The molecule has 0 radical (unpaired) electrons. The third kappa shape index (κ3) is 5.14. The Hall–Kier alpha value is -4.33. The van der Waals surface area contributed by atoms with E-state index in [0.29, 0.717) is 11.3 Å². The number of carbonyl (C=O) groups is 1. The van der Waals surface area contributed by atoms with Crippen LogP contribution in [0.15, 0.2) is 89.1 Å². The van der Waals surface area contributed by atoms with Gasteiger partial charge >= 0.3 is 0 Å². The van der Waals surface area contributed by atoms with Gasteiger partial charge in [-0.1, -0.05) is 59.8 Å². The van der Waals surface area contributed by atoms with Crippen LogP contribution in [-0.4, -0.2) is 29.7 Å². The summed E-state index contributed by atoms with van der Waals surface area (Å²) in [4.78, 5) is 27.8. The van der Waals surface area contributed by atoms with Crippen LogP contribution in [-0.2, 0) is 4.84 Å². The SMILES string of the molecule is CO/N=C\C(=N\Nc1ccc([N+](=O)[O-])cc1)C(=O)c1ccc(-c2ccccc2)cc1. The molecule has 0 amide bonds. The molecule has 0 fully saturated rings. The minimum atomic E-state index is -0.494. The van der Waals surface area contributed by atoms with Crippen molar-refractivity contribution in [3.8, 4) is 11.1 Å². The van der Waals surface area contributed by atoms with Crippen LogP contribution in [0.3, 0.4) is 0 Å². The van der Waals surface area contributed by atoms with Gasteiger partial charge in [-0.3, -0.25) is 20.3 Å². The standard InChI is InChI=1S/C22H18N4O4/c1-30-23-15-21(25-24-19-11-13-20(14-12-19)26(28)29)22(27)18-9-7-17(8-10-18)16-5-3-2-4-6-16/h2-15,24H,1H3/b23-15-,25-21-. The van der Waals surface area contributed by atoms with Crippen molar-refractivity contribution in [3.63, 3.8) is 0 Å². The average Bonchev–Trinajstić information content (AvgIpc) is 2.80. The number of hydrogen-bond acceptors (Lipinski definition) is 7. The van der Waals surface area contributed by atoms with E-state index in [9.17, 15) is 14.9 Å². The number of anilines is 1. The molecule has 0 aliphatic rings. The predicted octanol–water partition coefficient (Wildman–Crippen LogP) is 4.54. The highest BCUT2D eigenvalue weighted by Crippen LogP contribution is 2.20. The Kier molecular flexibility index (Phi) is 6.63. The molecular weight excluding hydrogens is 384 g/mol. The molecule has 0 saturated heterocycles. The number of ketones is 1. The monoisotopic (exact) mass is 402 g/mol. The van der Waals surface area contributed by atoms with Gasteiger partial charge in [0.25, 0.3) is 5.69 Å².